The van der Waals surface area contributed by atoms with Gasteiger partial charge in [0.15, 0.2) is 0 Å². The third-order valence-corrected chi connectivity index (χ3v) is 8.88. The highest BCUT2D eigenvalue weighted by molar-refractivity contribution is 7.13. The molecule has 9 heteroatoms. The number of carbonyl (C=O) groups is 1. The van der Waals surface area contributed by atoms with Crippen molar-refractivity contribution >= 4 is 22.9 Å². The van der Waals surface area contributed by atoms with E-state index in [-0.39, 0.29) is 17.5 Å². The number of rotatable bonds is 7. The molecule has 0 saturated carbocycles. The number of aryl methyl sites for hydroxylation is 1. The van der Waals surface area contributed by atoms with Gasteiger partial charge in [-0.3, -0.25) is 14.1 Å². The van der Waals surface area contributed by atoms with Crippen molar-refractivity contribution in [3.8, 4) is 33.1 Å². The topological polar surface area (TPSA) is 76.5 Å². The highest BCUT2D eigenvalue weighted by Crippen LogP contribution is 2.37. The first-order valence-corrected chi connectivity index (χ1v) is 14.7. The number of piperidine rings is 1. The molecule has 2 N–H and O–H groups in total. The first kappa shape index (κ1) is 27.2. The summed E-state index contributed by atoms with van der Waals surface area (Å²) in [7, 11) is 0. The Balaban J connectivity index is 1.34. The third-order valence-electron chi connectivity index (χ3n) is 8.00. The number of benzene rings is 2. The standard InChI is InChI=1S/C32H31F2N5OS/c1-3-26-31(39-16-22(6-11-29(39)36-26)20-12-14-38(15-13-20)17-28(35)40)25-10-9-24(19(2)30(25)34)32-37-27(18-41-32)21-4-7-23(33)8-5-21/h4-11,16,18,20H,3,12-15,17H2,1-2H3,(H2,35,40). The van der Waals surface area contributed by atoms with Crippen LogP contribution in [0, 0.1) is 18.6 Å². The highest BCUT2D eigenvalue weighted by Gasteiger charge is 2.24. The van der Waals surface area contributed by atoms with E-state index in [1.54, 1.807) is 19.1 Å². The molecule has 210 valence electrons. The molecule has 6 nitrogen and oxygen atoms in total. The van der Waals surface area contributed by atoms with Crippen LogP contribution in [-0.2, 0) is 11.2 Å². The number of hydrogen-bond donors (Lipinski definition) is 1. The molecule has 0 bridgehead atoms. The molecule has 0 aliphatic carbocycles. The second-order valence-electron chi connectivity index (χ2n) is 10.6. The summed E-state index contributed by atoms with van der Waals surface area (Å²) < 4.78 is 31.6. The van der Waals surface area contributed by atoms with Gasteiger partial charge in [0.2, 0.25) is 5.91 Å². The Bertz CT molecular complexity index is 1740. The van der Waals surface area contributed by atoms with Gasteiger partial charge in [-0.15, -0.1) is 11.3 Å². The Morgan fingerprint density at radius 1 is 1.02 bits per heavy atom. The molecule has 1 amide bonds. The van der Waals surface area contributed by atoms with Crippen LogP contribution < -0.4 is 5.73 Å². The number of imidazole rings is 1. The van der Waals surface area contributed by atoms with Gasteiger partial charge in [0, 0.05) is 28.3 Å². The van der Waals surface area contributed by atoms with E-state index in [1.807, 2.05) is 34.9 Å². The second-order valence-corrected chi connectivity index (χ2v) is 11.5. The fourth-order valence-corrected chi connectivity index (χ4v) is 6.69. The average Bonchev–Trinajstić information content (AvgIpc) is 3.60. The molecule has 1 aliphatic heterocycles. The largest absolute Gasteiger partial charge is 0.369 e. The zero-order chi connectivity index (χ0) is 28.7. The Kier molecular flexibility index (Phi) is 7.40. The number of thiazole rings is 1. The van der Waals surface area contributed by atoms with Crippen LogP contribution >= 0.6 is 11.3 Å². The summed E-state index contributed by atoms with van der Waals surface area (Å²) in [6.07, 6.45) is 4.63. The van der Waals surface area contributed by atoms with Gasteiger partial charge < -0.3 is 5.73 Å². The van der Waals surface area contributed by atoms with Crippen LogP contribution in [0.4, 0.5) is 8.78 Å². The Morgan fingerprint density at radius 3 is 2.46 bits per heavy atom. The van der Waals surface area contributed by atoms with Gasteiger partial charge in [-0.25, -0.2) is 18.7 Å². The maximum absolute atomic E-state index is 16.2. The molecule has 1 aliphatic rings. The number of halogens is 2. The fraction of sp³-hybridized carbons (Fsp3) is 0.281. The summed E-state index contributed by atoms with van der Waals surface area (Å²) >= 11 is 1.44. The zero-order valence-electron chi connectivity index (χ0n) is 23.0. The molecule has 1 fully saturated rings. The van der Waals surface area contributed by atoms with Crippen LogP contribution in [-0.4, -0.2) is 44.8 Å². The van der Waals surface area contributed by atoms with Crippen molar-refractivity contribution in [1.29, 1.82) is 0 Å². The fourth-order valence-electron chi connectivity index (χ4n) is 5.78. The van der Waals surface area contributed by atoms with Crippen LogP contribution in [0.5, 0.6) is 0 Å². The summed E-state index contributed by atoms with van der Waals surface area (Å²) in [6.45, 7) is 5.75. The quantitative estimate of drug-likeness (QED) is 0.239. The van der Waals surface area contributed by atoms with Gasteiger partial charge in [-0.2, -0.15) is 0 Å². The van der Waals surface area contributed by atoms with E-state index in [4.69, 9.17) is 15.7 Å². The van der Waals surface area contributed by atoms with Crippen LogP contribution in [0.3, 0.4) is 0 Å². The number of fused-ring (bicyclic) bond motifs is 1. The molecule has 2 aromatic carbocycles. The molecule has 0 radical (unpaired) electrons. The van der Waals surface area contributed by atoms with Crippen LogP contribution in [0.15, 0.2) is 60.1 Å². The molecule has 4 heterocycles. The number of pyridine rings is 1. The Hall–Kier alpha value is -3.95. The monoisotopic (exact) mass is 571 g/mol. The lowest BCUT2D eigenvalue weighted by molar-refractivity contribution is -0.119. The minimum absolute atomic E-state index is 0.289. The lowest BCUT2D eigenvalue weighted by Crippen LogP contribution is -2.39. The van der Waals surface area contributed by atoms with Crippen molar-refractivity contribution in [2.75, 3.05) is 19.6 Å². The number of aromatic nitrogens is 3. The maximum atomic E-state index is 16.2. The molecule has 0 unspecified atom stereocenters. The molecular weight excluding hydrogens is 540 g/mol. The number of amides is 1. The van der Waals surface area contributed by atoms with E-state index in [9.17, 15) is 9.18 Å². The summed E-state index contributed by atoms with van der Waals surface area (Å²) in [5, 5.41) is 2.62. The summed E-state index contributed by atoms with van der Waals surface area (Å²) in [5.41, 5.74) is 12.3. The highest BCUT2D eigenvalue weighted by atomic mass is 32.1. The summed E-state index contributed by atoms with van der Waals surface area (Å²) in [5.74, 6) is -0.540. The lowest BCUT2D eigenvalue weighted by atomic mass is 9.90. The van der Waals surface area contributed by atoms with E-state index >= 15 is 4.39 Å². The molecular formula is C32H31F2N5OS. The Morgan fingerprint density at radius 2 is 1.76 bits per heavy atom. The van der Waals surface area contributed by atoms with Crippen molar-refractivity contribution in [2.24, 2.45) is 5.73 Å². The number of hydrogen-bond acceptors (Lipinski definition) is 5. The van der Waals surface area contributed by atoms with Crippen molar-refractivity contribution in [3.05, 3.63) is 88.6 Å². The van der Waals surface area contributed by atoms with Gasteiger partial charge in [0.1, 0.15) is 22.3 Å². The van der Waals surface area contributed by atoms with E-state index in [0.717, 1.165) is 59.8 Å². The van der Waals surface area contributed by atoms with Crippen molar-refractivity contribution in [2.45, 2.75) is 39.0 Å². The summed E-state index contributed by atoms with van der Waals surface area (Å²) in [6, 6.07) is 14.1. The van der Waals surface area contributed by atoms with E-state index in [0.29, 0.717) is 35.0 Å². The van der Waals surface area contributed by atoms with Crippen LogP contribution in [0.1, 0.15) is 42.5 Å². The first-order chi connectivity index (χ1) is 19.8. The molecule has 41 heavy (non-hydrogen) atoms. The van der Waals surface area contributed by atoms with E-state index < -0.39 is 0 Å². The number of nitrogens with zero attached hydrogens (tertiary/aromatic N) is 4. The zero-order valence-corrected chi connectivity index (χ0v) is 23.8. The lowest BCUT2D eigenvalue weighted by Gasteiger charge is -2.31. The number of nitrogens with two attached hydrogens (primary N) is 1. The predicted molar refractivity (Wildman–Crippen MR) is 159 cm³/mol. The normalized spacial score (nSPS) is 14.6. The summed E-state index contributed by atoms with van der Waals surface area (Å²) in [4.78, 5) is 23.0. The van der Waals surface area contributed by atoms with Crippen molar-refractivity contribution in [1.82, 2.24) is 19.3 Å². The SMILES string of the molecule is CCc1nc2ccc(C3CCN(CC(N)=O)CC3)cn2c1-c1ccc(-c2nc(-c3ccc(F)cc3)cs2)c(C)c1F. The predicted octanol–water partition coefficient (Wildman–Crippen LogP) is 6.61. The van der Waals surface area contributed by atoms with Crippen molar-refractivity contribution in [3.63, 3.8) is 0 Å². The van der Waals surface area contributed by atoms with Gasteiger partial charge in [0.25, 0.3) is 0 Å². The third kappa shape index (κ3) is 5.27. The molecule has 3 aromatic heterocycles. The number of carbonyl (C=O) groups excluding carboxylic acids is 1. The molecule has 0 spiro atoms. The minimum Gasteiger partial charge on any atom is -0.369 e. The average molecular weight is 572 g/mol. The first-order valence-electron chi connectivity index (χ1n) is 13.8. The maximum Gasteiger partial charge on any atom is 0.231 e. The Labute approximate surface area is 241 Å². The van der Waals surface area contributed by atoms with Crippen LogP contribution in [0.25, 0.3) is 38.7 Å². The minimum atomic E-state index is -0.300. The smallest absolute Gasteiger partial charge is 0.231 e. The molecule has 1 saturated heterocycles. The van der Waals surface area contributed by atoms with E-state index in [2.05, 4.69) is 17.2 Å². The van der Waals surface area contributed by atoms with Crippen molar-refractivity contribution < 1.29 is 13.6 Å². The van der Waals surface area contributed by atoms with E-state index in [1.165, 1.54) is 29.0 Å². The molecule has 5 aromatic rings. The van der Waals surface area contributed by atoms with Gasteiger partial charge >= 0.3 is 0 Å². The van der Waals surface area contributed by atoms with Gasteiger partial charge in [0.05, 0.1) is 23.6 Å². The molecule has 6 rings (SSSR count). The number of likely N-dealkylation sites (tertiary alicyclic amines) is 1. The second kappa shape index (κ2) is 11.1. The van der Waals surface area contributed by atoms with Gasteiger partial charge in [-0.1, -0.05) is 19.1 Å². The van der Waals surface area contributed by atoms with Gasteiger partial charge in [-0.05, 0) is 92.7 Å². The van der Waals surface area contributed by atoms with Crippen LogP contribution in [0.2, 0.25) is 0 Å². The number of primary amides is 1. The molecule has 0 atom stereocenters.